The van der Waals surface area contributed by atoms with Crippen molar-refractivity contribution in [3.05, 3.63) is 42.5 Å². The van der Waals surface area contributed by atoms with Gasteiger partial charge in [0.1, 0.15) is 12.4 Å². The highest BCUT2D eigenvalue weighted by Gasteiger charge is 2.23. The first-order valence-electron chi connectivity index (χ1n) is 6.57. The van der Waals surface area contributed by atoms with E-state index in [0.29, 0.717) is 24.0 Å². The van der Waals surface area contributed by atoms with E-state index in [9.17, 15) is 4.79 Å². The van der Waals surface area contributed by atoms with Gasteiger partial charge in [0.15, 0.2) is 0 Å². The number of amides is 1. The lowest BCUT2D eigenvalue weighted by Gasteiger charge is -2.32. The van der Waals surface area contributed by atoms with Crippen molar-refractivity contribution >= 4 is 18.3 Å². The molecule has 0 spiro atoms. The highest BCUT2D eigenvalue weighted by molar-refractivity contribution is 5.97. The van der Waals surface area contributed by atoms with Gasteiger partial charge in [0, 0.05) is 25.7 Å². The molecule has 1 aliphatic heterocycles. The lowest BCUT2D eigenvalue weighted by Crippen LogP contribution is -2.51. The van der Waals surface area contributed by atoms with Crippen LogP contribution in [-0.2, 0) is 0 Å². The standard InChI is InChI=1S/C15H20N2O2.ClH/c1-3-10-19-14-7-5-4-6-13(14)15(18)17-9-8-16-12(2)11-17;/h3-7,12,16H,1,8-11H2,2H3;1H. The molecule has 1 saturated heterocycles. The number of para-hydroxylation sites is 1. The first-order valence-corrected chi connectivity index (χ1v) is 6.57. The Labute approximate surface area is 126 Å². The maximum atomic E-state index is 12.5. The number of carbonyl (C=O) groups excluding carboxylic acids is 1. The zero-order chi connectivity index (χ0) is 13.7. The zero-order valence-corrected chi connectivity index (χ0v) is 12.5. The molecule has 5 heteroatoms. The Morgan fingerprint density at radius 1 is 1.55 bits per heavy atom. The molecule has 1 aromatic carbocycles. The summed E-state index contributed by atoms with van der Waals surface area (Å²) in [4.78, 5) is 14.4. The fourth-order valence-electron chi connectivity index (χ4n) is 2.21. The predicted molar refractivity (Wildman–Crippen MR) is 82.8 cm³/mol. The molecule has 1 fully saturated rings. The van der Waals surface area contributed by atoms with Crippen LogP contribution in [0.3, 0.4) is 0 Å². The maximum Gasteiger partial charge on any atom is 0.257 e. The predicted octanol–water partition coefficient (Wildman–Crippen LogP) is 2.11. The van der Waals surface area contributed by atoms with Crippen LogP contribution in [0.4, 0.5) is 0 Å². The van der Waals surface area contributed by atoms with Crippen molar-refractivity contribution < 1.29 is 9.53 Å². The van der Waals surface area contributed by atoms with Crippen molar-refractivity contribution in [3.63, 3.8) is 0 Å². The Hall–Kier alpha value is -1.52. The van der Waals surface area contributed by atoms with Gasteiger partial charge in [-0.3, -0.25) is 4.79 Å². The van der Waals surface area contributed by atoms with Gasteiger partial charge in [-0.15, -0.1) is 12.4 Å². The van der Waals surface area contributed by atoms with Crippen molar-refractivity contribution in [2.24, 2.45) is 0 Å². The van der Waals surface area contributed by atoms with Gasteiger partial charge in [0.25, 0.3) is 5.91 Å². The maximum absolute atomic E-state index is 12.5. The Morgan fingerprint density at radius 3 is 3.00 bits per heavy atom. The highest BCUT2D eigenvalue weighted by atomic mass is 35.5. The minimum Gasteiger partial charge on any atom is -0.489 e. The summed E-state index contributed by atoms with van der Waals surface area (Å²) in [6.45, 7) is 8.41. The molecule has 1 aliphatic rings. The second kappa shape index (κ2) is 7.92. The fourth-order valence-corrected chi connectivity index (χ4v) is 2.21. The van der Waals surface area contributed by atoms with Crippen LogP contribution >= 0.6 is 12.4 Å². The molecule has 1 aromatic rings. The van der Waals surface area contributed by atoms with Crippen LogP contribution in [-0.4, -0.2) is 43.1 Å². The summed E-state index contributed by atoms with van der Waals surface area (Å²) in [5.74, 6) is 0.659. The minimum absolute atomic E-state index is 0. The van der Waals surface area contributed by atoms with Crippen molar-refractivity contribution in [1.29, 1.82) is 0 Å². The Kier molecular flexibility index (Phi) is 6.55. The van der Waals surface area contributed by atoms with E-state index in [-0.39, 0.29) is 18.3 Å². The van der Waals surface area contributed by atoms with Gasteiger partial charge in [-0.25, -0.2) is 0 Å². The first kappa shape index (κ1) is 16.5. The van der Waals surface area contributed by atoms with Crippen molar-refractivity contribution in [1.82, 2.24) is 10.2 Å². The SMILES string of the molecule is C=CCOc1ccccc1C(=O)N1CCNC(C)C1.Cl. The number of hydrogen-bond donors (Lipinski definition) is 1. The van der Waals surface area contributed by atoms with E-state index < -0.39 is 0 Å². The van der Waals surface area contributed by atoms with E-state index in [4.69, 9.17) is 4.74 Å². The smallest absolute Gasteiger partial charge is 0.257 e. The van der Waals surface area contributed by atoms with Crippen LogP contribution in [0.15, 0.2) is 36.9 Å². The summed E-state index contributed by atoms with van der Waals surface area (Å²) >= 11 is 0. The lowest BCUT2D eigenvalue weighted by atomic mass is 10.1. The summed E-state index contributed by atoms with van der Waals surface area (Å²) in [6, 6.07) is 7.70. The van der Waals surface area contributed by atoms with E-state index >= 15 is 0 Å². The Bertz CT molecular complexity index is 465. The number of rotatable bonds is 4. The van der Waals surface area contributed by atoms with E-state index in [2.05, 4.69) is 18.8 Å². The van der Waals surface area contributed by atoms with Crippen LogP contribution < -0.4 is 10.1 Å². The highest BCUT2D eigenvalue weighted by Crippen LogP contribution is 2.20. The van der Waals surface area contributed by atoms with Gasteiger partial charge in [-0.2, -0.15) is 0 Å². The number of piperazine rings is 1. The quantitative estimate of drug-likeness (QED) is 0.865. The largest absolute Gasteiger partial charge is 0.489 e. The average molecular weight is 297 g/mol. The molecule has 110 valence electrons. The number of carbonyl (C=O) groups is 1. The normalized spacial score (nSPS) is 18.1. The van der Waals surface area contributed by atoms with E-state index in [0.717, 1.165) is 19.6 Å². The van der Waals surface area contributed by atoms with Crippen LogP contribution in [0, 0.1) is 0 Å². The van der Waals surface area contributed by atoms with Crippen molar-refractivity contribution in [2.45, 2.75) is 13.0 Å². The topological polar surface area (TPSA) is 41.6 Å². The molecule has 0 radical (unpaired) electrons. The third-order valence-electron chi connectivity index (χ3n) is 3.13. The van der Waals surface area contributed by atoms with Crippen LogP contribution in [0.5, 0.6) is 5.75 Å². The molecular weight excluding hydrogens is 276 g/mol. The van der Waals surface area contributed by atoms with Gasteiger partial charge in [-0.05, 0) is 19.1 Å². The summed E-state index contributed by atoms with van der Waals surface area (Å²) in [5.41, 5.74) is 0.624. The molecule has 0 aromatic heterocycles. The number of hydrogen-bond acceptors (Lipinski definition) is 3. The summed E-state index contributed by atoms with van der Waals surface area (Å²) in [5, 5.41) is 3.33. The average Bonchev–Trinajstić information content (AvgIpc) is 2.44. The second-order valence-corrected chi connectivity index (χ2v) is 4.70. The van der Waals surface area contributed by atoms with Crippen molar-refractivity contribution in [3.8, 4) is 5.75 Å². The molecule has 1 N–H and O–H groups in total. The molecule has 1 heterocycles. The molecule has 1 amide bonds. The third kappa shape index (κ3) is 3.99. The molecule has 0 bridgehead atoms. The number of nitrogens with zero attached hydrogens (tertiary/aromatic N) is 1. The van der Waals surface area contributed by atoms with Crippen LogP contribution in [0.2, 0.25) is 0 Å². The van der Waals surface area contributed by atoms with E-state index in [1.54, 1.807) is 6.08 Å². The molecule has 2 rings (SSSR count). The van der Waals surface area contributed by atoms with Gasteiger partial charge >= 0.3 is 0 Å². The number of nitrogens with one attached hydrogen (secondary N) is 1. The molecular formula is C15H21ClN2O2. The third-order valence-corrected chi connectivity index (χ3v) is 3.13. The first-order chi connectivity index (χ1) is 9.22. The molecule has 1 unspecified atom stereocenters. The second-order valence-electron chi connectivity index (χ2n) is 4.70. The van der Waals surface area contributed by atoms with Gasteiger partial charge in [-0.1, -0.05) is 24.8 Å². The van der Waals surface area contributed by atoms with Gasteiger partial charge in [0.2, 0.25) is 0 Å². The molecule has 1 atom stereocenters. The van der Waals surface area contributed by atoms with Crippen LogP contribution in [0.1, 0.15) is 17.3 Å². The Morgan fingerprint density at radius 2 is 2.30 bits per heavy atom. The van der Waals surface area contributed by atoms with Gasteiger partial charge in [0.05, 0.1) is 5.56 Å². The molecule has 4 nitrogen and oxygen atoms in total. The fraction of sp³-hybridized carbons (Fsp3) is 0.400. The number of benzene rings is 1. The molecule has 0 aliphatic carbocycles. The molecule has 0 saturated carbocycles. The summed E-state index contributed by atoms with van der Waals surface area (Å²) in [6.07, 6.45) is 1.67. The summed E-state index contributed by atoms with van der Waals surface area (Å²) in [7, 11) is 0. The summed E-state index contributed by atoms with van der Waals surface area (Å²) < 4.78 is 5.54. The lowest BCUT2D eigenvalue weighted by molar-refractivity contribution is 0.0705. The number of halogens is 1. The minimum atomic E-state index is 0. The van der Waals surface area contributed by atoms with Crippen molar-refractivity contribution in [2.75, 3.05) is 26.2 Å². The number of ether oxygens (including phenoxy) is 1. The van der Waals surface area contributed by atoms with Gasteiger partial charge < -0.3 is 15.0 Å². The molecule has 20 heavy (non-hydrogen) atoms. The van der Waals surface area contributed by atoms with E-state index in [1.807, 2.05) is 29.2 Å². The van der Waals surface area contributed by atoms with Crippen LogP contribution in [0.25, 0.3) is 0 Å². The monoisotopic (exact) mass is 296 g/mol. The van der Waals surface area contributed by atoms with E-state index in [1.165, 1.54) is 0 Å². The Balaban J connectivity index is 0.00000200. The zero-order valence-electron chi connectivity index (χ0n) is 11.7.